The summed E-state index contributed by atoms with van der Waals surface area (Å²) in [5.41, 5.74) is 1.54. The van der Waals surface area contributed by atoms with Crippen molar-refractivity contribution in [3.63, 3.8) is 0 Å². The number of hydrogen-bond acceptors (Lipinski definition) is 4. The average molecular weight is 289 g/mol. The predicted octanol–water partition coefficient (Wildman–Crippen LogP) is 1.41. The second-order valence-corrected chi connectivity index (χ2v) is 4.59. The summed E-state index contributed by atoms with van der Waals surface area (Å²) in [6, 6.07) is 5.61. The highest BCUT2D eigenvalue weighted by Gasteiger charge is 2.09. The number of hydrogen-bond donors (Lipinski definition) is 1. The molecule has 112 valence electrons. The smallest absolute Gasteiger partial charge is 0.254 e. The molecule has 0 aliphatic rings. The van der Waals surface area contributed by atoms with E-state index in [1.165, 1.54) is 0 Å². The Morgan fingerprint density at radius 3 is 2.76 bits per heavy atom. The minimum absolute atomic E-state index is 0.134. The largest absolute Gasteiger partial charge is 0.497 e. The fraction of sp³-hybridized carbons (Fsp3) is 0.333. The number of nitrogens with zero attached hydrogens (tertiary/aromatic N) is 2. The van der Waals surface area contributed by atoms with E-state index in [0.717, 1.165) is 17.1 Å². The summed E-state index contributed by atoms with van der Waals surface area (Å²) in [5, 5.41) is 6.83. The standard InChI is InChI=1S/C15H19N3O3/c1-18-10-12(9-17-18)15(19)16-7-6-11-8-13(20-2)4-5-14(11)21-3/h4-5,8-10H,6-7H2,1-3H3,(H,16,19). The van der Waals surface area contributed by atoms with E-state index in [0.29, 0.717) is 18.5 Å². The zero-order valence-corrected chi connectivity index (χ0v) is 12.4. The number of methoxy groups -OCH3 is 2. The van der Waals surface area contributed by atoms with Gasteiger partial charge >= 0.3 is 0 Å². The lowest BCUT2D eigenvalue weighted by Gasteiger charge is -2.10. The van der Waals surface area contributed by atoms with Gasteiger partial charge in [-0.05, 0) is 30.2 Å². The molecule has 0 aliphatic heterocycles. The molecule has 1 aromatic heterocycles. The molecule has 1 amide bonds. The number of rotatable bonds is 6. The number of benzene rings is 1. The van der Waals surface area contributed by atoms with Crippen LogP contribution in [-0.2, 0) is 13.5 Å². The number of carbonyl (C=O) groups excluding carboxylic acids is 1. The molecule has 0 saturated carbocycles. The third kappa shape index (κ3) is 3.75. The molecular formula is C15H19N3O3. The summed E-state index contributed by atoms with van der Waals surface area (Å²) >= 11 is 0. The van der Waals surface area contributed by atoms with Gasteiger partial charge in [0, 0.05) is 19.8 Å². The van der Waals surface area contributed by atoms with Crippen LogP contribution in [0, 0.1) is 0 Å². The molecule has 0 bridgehead atoms. The van der Waals surface area contributed by atoms with Crippen LogP contribution in [-0.4, -0.2) is 36.5 Å². The molecule has 1 heterocycles. The number of nitrogens with one attached hydrogen (secondary N) is 1. The molecule has 21 heavy (non-hydrogen) atoms. The molecule has 0 aliphatic carbocycles. The molecule has 6 nitrogen and oxygen atoms in total. The first kappa shape index (κ1) is 14.9. The molecule has 1 aromatic carbocycles. The highest BCUT2D eigenvalue weighted by atomic mass is 16.5. The molecule has 0 saturated heterocycles. The lowest BCUT2D eigenvalue weighted by atomic mass is 10.1. The normalized spacial score (nSPS) is 10.2. The predicted molar refractivity (Wildman–Crippen MR) is 78.8 cm³/mol. The number of carbonyl (C=O) groups is 1. The van der Waals surface area contributed by atoms with E-state index in [4.69, 9.17) is 9.47 Å². The van der Waals surface area contributed by atoms with Crippen LogP contribution in [0.15, 0.2) is 30.6 Å². The van der Waals surface area contributed by atoms with Gasteiger partial charge in [-0.15, -0.1) is 0 Å². The van der Waals surface area contributed by atoms with Gasteiger partial charge in [0.05, 0.1) is 26.0 Å². The van der Waals surface area contributed by atoms with E-state index in [1.807, 2.05) is 18.2 Å². The minimum Gasteiger partial charge on any atom is -0.497 e. The summed E-state index contributed by atoms with van der Waals surface area (Å²) < 4.78 is 12.1. The van der Waals surface area contributed by atoms with E-state index in [1.54, 1.807) is 38.3 Å². The lowest BCUT2D eigenvalue weighted by Crippen LogP contribution is -2.25. The van der Waals surface area contributed by atoms with Crippen LogP contribution in [0.3, 0.4) is 0 Å². The Balaban J connectivity index is 1.95. The molecule has 0 fully saturated rings. The number of aromatic nitrogens is 2. The zero-order chi connectivity index (χ0) is 15.2. The maximum absolute atomic E-state index is 11.9. The molecule has 6 heteroatoms. The zero-order valence-electron chi connectivity index (χ0n) is 12.4. The molecular weight excluding hydrogens is 270 g/mol. The molecule has 0 atom stereocenters. The quantitative estimate of drug-likeness (QED) is 0.873. The van der Waals surface area contributed by atoms with Crippen LogP contribution >= 0.6 is 0 Å². The molecule has 1 N–H and O–H groups in total. The highest BCUT2D eigenvalue weighted by Crippen LogP contribution is 2.24. The van der Waals surface area contributed by atoms with Crippen LogP contribution in [0.5, 0.6) is 11.5 Å². The SMILES string of the molecule is COc1ccc(OC)c(CCNC(=O)c2cnn(C)c2)c1. The Bertz CT molecular complexity index is 622. The van der Waals surface area contributed by atoms with E-state index < -0.39 is 0 Å². The van der Waals surface area contributed by atoms with Crippen molar-refractivity contribution in [3.05, 3.63) is 41.7 Å². The second kappa shape index (κ2) is 6.78. The van der Waals surface area contributed by atoms with Crippen molar-refractivity contribution in [2.75, 3.05) is 20.8 Å². The molecule has 2 aromatic rings. The second-order valence-electron chi connectivity index (χ2n) is 4.59. The van der Waals surface area contributed by atoms with Gasteiger partial charge in [-0.3, -0.25) is 9.48 Å². The number of ether oxygens (including phenoxy) is 2. The van der Waals surface area contributed by atoms with Gasteiger partial charge in [0.15, 0.2) is 0 Å². The van der Waals surface area contributed by atoms with Crippen LogP contribution in [0.2, 0.25) is 0 Å². The third-order valence-electron chi connectivity index (χ3n) is 3.13. The van der Waals surface area contributed by atoms with Crippen molar-refractivity contribution in [2.24, 2.45) is 7.05 Å². The van der Waals surface area contributed by atoms with Gasteiger partial charge in [0.1, 0.15) is 11.5 Å². The van der Waals surface area contributed by atoms with Crippen molar-refractivity contribution < 1.29 is 14.3 Å². The summed E-state index contributed by atoms with van der Waals surface area (Å²) in [6.07, 6.45) is 3.88. The monoisotopic (exact) mass is 289 g/mol. The average Bonchev–Trinajstić information content (AvgIpc) is 2.93. The van der Waals surface area contributed by atoms with Crippen molar-refractivity contribution in [1.82, 2.24) is 15.1 Å². The lowest BCUT2D eigenvalue weighted by molar-refractivity contribution is 0.0954. The van der Waals surface area contributed by atoms with Crippen molar-refractivity contribution in [2.45, 2.75) is 6.42 Å². The maximum Gasteiger partial charge on any atom is 0.254 e. The molecule has 0 unspecified atom stereocenters. The van der Waals surface area contributed by atoms with Crippen LogP contribution < -0.4 is 14.8 Å². The first-order chi connectivity index (χ1) is 10.1. The van der Waals surface area contributed by atoms with Gasteiger partial charge in [-0.25, -0.2) is 0 Å². The topological polar surface area (TPSA) is 65.4 Å². The first-order valence-electron chi connectivity index (χ1n) is 6.61. The van der Waals surface area contributed by atoms with Gasteiger partial charge in [-0.2, -0.15) is 5.10 Å². The summed E-state index contributed by atoms with van der Waals surface area (Å²) in [5.74, 6) is 1.42. The van der Waals surface area contributed by atoms with Gasteiger partial charge < -0.3 is 14.8 Å². The Morgan fingerprint density at radius 1 is 1.33 bits per heavy atom. The maximum atomic E-state index is 11.9. The third-order valence-corrected chi connectivity index (χ3v) is 3.13. The summed E-state index contributed by atoms with van der Waals surface area (Å²) in [4.78, 5) is 11.9. The Kier molecular flexibility index (Phi) is 4.81. The summed E-state index contributed by atoms with van der Waals surface area (Å²) in [7, 11) is 5.02. The van der Waals surface area contributed by atoms with Crippen LogP contribution in [0.4, 0.5) is 0 Å². The Hall–Kier alpha value is -2.50. The van der Waals surface area contributed by atoms with E-state index in [2.05, 4.69) is 10.4 Å². The van der Waals surface area contributed by atoms with Gasteiger partial charge in [0.2, 0.25) is 0 Å². The first-order valence-corrected chi connectivity index (χ1v) is 6.61. The van der Waals surface area contributed by atoms with E-state index in [-0.39, 0.29) is 5.91 Å². The molecule has 0 radical (unpaired) electrons. The van der Waals surface area contributed by atoms with Crippen LogP contribution in [0.25, 0.3) is 0 Å². The van der Waals surface area contributed by atoms with Gasteiger partial charge in [0.25, 0.3) is 5.91 Å². The van der Waals surface area contributed by atoms with Gasteiger partial charge in [-0.1, -0.05) is 0 Å². The van der Waals surface area contributed by atoms with Crippen LogP contribution in [0.1, 0.15) is 15.9 Å². The number of aryl methyl sites for hydroxylation is 1. The number of amides is 1. The molecule has 0 spiro atoms. The minimum atomic E-state index is -0.134. The molecule has 2 rings (SSSR count). The fourth-order valence-electron chi connectivity index (χ4n) is 2.03. The Labute approximate surface area is 123 Å². The highest BCUT2D eigenvalue weighted by molar-refractivity contribution is 5.93. The van der Waals surface area contributed by atoms with E-state index in [9.17, 15) is 4.79 Å². The van der Waals surface area contributed by atoms with E-state index >= 15 is 0 Å². The van der Waals surface area contributed by atoms with Crippen molar-refractivity contribution in [3.8, 4) is 11.5 Å². The fourth-order valence-corrected chi connectivity index (χ4v) is 2.03. The van der Waals surface area contributed by atoms with Crippen molar-refractivity contribution in [1.29, 1.82) is 0 Å². The Morgan fingerprint density at radius 2 is 2.14 bits per heavy atom. The summed E-state index contributed by atoms with van der Waals surface area (Å²) in [6.45, 7) is 0.511. The van der Waals surface area contributed by atoms with Crippen molar-refractivity contribution >= 4 is 5.91 Å².